The van der Waals surface area contributed by atoms with Gasteiger partial charge in [0, 0.05) is 25.0 Å². The highest BCUT2D eigenvalue weighted by molar-refractivity contribution is 5.35. The highest BCUT2D eigenvalue weighted by Gasteiger charge is 2.33. The van der Waals surface area contributed by atoms with Gasteiger partial charge in [0.1, 0.15) is 5.67 Å². The normalized spacial score (nSPS) is 28.9. The van der Waals surface area contributed by atoms with Gasteiger partial charge < -0.3 is 4.74 Å². The van der Waals surface area contributed by atoms with Gasteiger partial charge >= 0.3 is 0 Å². The van der Waals surface area contributed by atoms with Crippen LogP contribution >= 0.6 is 0 Å². The van der Waals surface area contributed by atoms with Crippen molar-refractivity contribution >= 4 is 5.69 Å². The number of nitro benzene ring substituents is 1. The van der Waals surface area contributed by atoms with E-state index in [4.69, 9.17) is 4.74 Å². The van der Waals surface area contributed by atoms with Crippen molar-refractivity contribution in [1.82, 2.24) is 0 Å². The molecule has 2 atom stereocenters. The van der Waals surface area contributed by atoms with E-state index in [9.17, 15) is 14.5 Å². The van der Waals surface area contributed by atoms with Gasteiger partial charge in [0.05, 0.1) is 17.6 Å². The Morgan fingerprint density at radius 2 is 2.35 bits per heavy atom. The number of benzene rings is 1. The van der Waals surface area contributed by atoms with Crippen LogP contribution in [0, 0.1) is 10.1 Å². The topological polar surface area (TPSA) is 52.4 Å². The van der Waals surface area contributed by atoms with Crippen LogP contribution in [0.3, 0.4) is 0 Å². The Kier molecular flexibility index (Phi) is 3.11. The Morgan fingerprint density at radius 1 is 1.59 bits per heavy atom. The summed E-state index contributed by atoms with van der Waals surface area (Å²) in [5, 5.41) is 10.7. The number of ether oxygens (including phenoxy) is 1. The molecule has 1 heterocycles. The van der Waals surface area contributed by atoms with Crippen LogP contribution in [0.1, 0.15) is 31.4 Å². The van der Waals surface area contributed by atoms with Crippen LogP contribution in [-0.4, -0.2) is 17.2 Å². The first-order chi connectivity index (χ1) is 7.98. The van der Waals surface area contributed by atoms with Crippen LogP contribution in [0.5, 0.6) is 0 Å². The molecule has 1 aromatic rings. The minimum absolute atomic E-state index is 0.0113. The molecule has 0 radical (unpaired) electrons. The van der Waals surface area contributed by atoms with E-state index in [1.165, 1.54) is 12.1 Å². The number of hydrogen-bond acceptors (Lipinski definition) is 3. The van der Waals surface area contributed by atoms with E-state index in [1.807, 2.05) is 0 Å². The van der Waals surface area contributed by atoms with Crippen molar-refractivity contribution in [2.45, 2.75) is 31.5 Å². The number of halogens is 1. The lowest BCUT2D eigenvalue weighted by Crippen LogP contribution is -2.30. The highest BCUT2D eigenvalue weighted by atomic mass is 19.1. The van der Waals surface area contributed by atoms with Gasteiger partial charge in [-0.05, 0) is 12.5 Å². The van der Waals surface area contributed by atoms with Gasteiger partial charge in [0.15, 0.2) is 0 Å². The summed E-state index contributed by atoms with van der Waals surface area (Å²) in [4.78, 5) is 10.2. The van der Waals surface area contributed by atoms with Crippen molar-refractivity contribution in [3.63, 3.8) is 0 Å². The Balaban J connectivity index is 2.22. The van der Waals surface area contributed by atoms with E-state index in [0.717, 1.165) is 0 Å². The zero-order valence-electron chi connectivity index (χ0n) is 9.56. The summed E-state index contributed by atoms with van der Waals surface area (Å²) in [5.74, 6) is 0. The number of nitrogens with zero attached hydrogens (tertiary/aromatic N) is 1. The van der Waals surface area contributed by atoms with E-state index < -0.39 is 16.7 Å². The molecule has 0 spiro atoms. The number of rotatable bonds is 2. The number of nitro groups is 1. The number of alkyl halides is 1. The van der Waals surface area contributed by atoms with Gasteiger partial charge in [-0.1, -0.05) is 12.1 Å². The lowest BCUT2D eigenvalue weighted by Gasteiger charge is -2.32. The molecule has 17 heavy (non-hydrogen) atoms. The molecule has 1 aliphatic rings. The average Bonchev–Trinajstić information content (AvgIpc) is 2.28. The third kappa shape index (κ3) is 2.79. The average molecular weight is 239 g/mol. The summed E-state index contributed by atoms with van der Waals surface area (Å²) in [7, 11) is 0. The fourth-order valence-corrected chi connectivity index (χ4v) is 2.01. The van der Waals surface area contributed by atoms with Gasteiger partial charge in [-0.2, -0.15) is 0 Å². The van der Waals surface area contributed by atoms with Gasteiger partial charge in [0.2, 0.25) is 0 Å². The molecule has 1 saturated heterocycles. The van der Waals surface area contributed by atoms with Gasteiger partial charge in [-0.25, -0.2) is 4.39 Å². The smallest absolute Gasteiger partial charge is 0.269 e. The Bertz CT molecular complexity index is 434. The molecule has 2 unspecified atom stereocenters. The molecule has 4 nitrogen and oxygen atoms in total. The van der Waals surface area contributed by atoms with E-state index in [0.29, 0.717) is 18.6 Å². The maximum atomic E-state index is 13.9. The van der Waals surface area contributed by atoms with Crippen molar-refractivity contribution in [2.75, 3.05) is 6.61 Å². The summed E-state index contributed by atoms with van der Waals surface area (Å²) >= 11 is 0. The molecule has 0 amide bonds. The van der Waals surface area contributed by atoms with Crippen LogP contribution < -0.4 is 0 Å². The standard InChI is InChI=1S/C12H14FNO3/c1-12(13)5-6-17-11(8-12)9-3-2-4-10(7-9)14(15)16/h2-4,7,11H,5-6,8H2,1H3. The van der Waals surface area contributed by atoms with Crippen molar-refractivity contribution in [3.05, 3.63) is 39.9 Å². The molecule has 1 aliphatic heterocycles. The van der Waals surface area contributed by atoms with Crippen LogP contribution in [0.25, 0.3) is 0 Å². The fourth-order valence-electron chi connectivity index (χ4n) is 2.01. The third-order valence-corrected chi connectivity index (χ3v) is 3.01. The zero-order chi connectivity index (χ0) is 12.5. The lowest BCUT2D eigenvalue weighted by atomic mass is 9.91. The predicted molar refractivity (Wildman–Crippen MR) is 60.5 cm³/mol. The summed E-state index contributed by atoms with van der Waals surface area (Å²) in [6.07, 6.45) is 0.228. The van der Waals surface area contributed by atoms with Gasteiger partial charge in [0.25, 0.3) is 5.69 Å². The first-order valence-corrected chi connectivity index (χ1v) is 5.53. The molecule has 5 heteroatoms. The minimum atomic E-state index is -1.26. The number of hydrogen-bond donors (Lipinski definition) is 0. The van der Waals surface area contributed by atoms with Crippen LogP contribution in [0.4, 0.5) is 10.1 Å². The lowest BCUT2D eigenvalue weighted by molar-refractivity contribution is -0.385. The first-order valence-electron chi connectivity index (χ1n) is 5.53. The summed E-state index contributed by atoms with van der Waals surface area (Å²) in [5.41, 5.74) is -0.576. The summed E-state index contributed by atoms with van der Waals surface area (Å²) in [6.45, 7) is 1.89. The van der Waals surface area contributed by atoms with E-state index >= 15 is 0 Å². The Morgan fingerprint density at radius 3 is 3.00 bits per heavy atom. The van der Waals surface area contributed by atoms with Gasteiger partial charge in [-0.15, -0.1) is 0 Å². The first kappa shape index (κ1) is 12.0. The molecule has 0 bridgehead atoms. The quantitative estimate of drug-likeness (QED) is 0.588. The second kappa shape index (κ2) is 4.41. The Labute approximate surface area is 98.5 Å². The second-order valence-electron chi connectivity index (χ2n) is 4.58. The Hall–Kier alpha value is -1.49. The fraction of sp³-hybridized carbons (Fsp3) is 0.500. The molecule has 2 rings (SSSR count). The molecular weight excluding hydrogens is 225 g/mol. The maximum Gasteiger partial charge on any atom is 0.269 e. The van der Waals surface area contributed by atoms with Crippen molar-refractivity contribution in [3.8, 4) is 0 Å². The predicted octanol–water partition coefficient (Wildman–Crippen LogP) is 3.17. The molecular formula is C12H14FNO3. The molecule has 92 valence electrons. The molecule has 1 fully saturated rings. The molecule has 0 N–H and O–H groups in total. The van der Waals surface area contributed by atoms with Crippen molar-refractivity contribution in [2.24, 2.45) is 0 Å². The molecule has 0 aromatic heterocycles. The minimum Gasteiger partial charge on any atom is -0.373 e. The highest BCUT2D eigenvalue weighted by Crippen LogP contribution is 2.37. The van der Waals surface area contributed by atoms with Crippen molar-refractivity contribution in [1.29, 1.82) is 0 Å². The van der Waals surface area contributed by atoms with Crippen LogP contribution in [0.2, 0.25) is 0 Å². The van der Waals surface area contributed by atoms with Crippen LogP contribution in [0.15, 0.2) is 24.3 Å². The van der Waals surface area contributed by atoms with Crippen molar-refractivity contribution < 1.29 is 14.1 Å². The third-order valence-electron chi connectivity index (χ3n) is 3.01. The van der Waals surface area contributed by atoms with E-state index in [2.05, 4.69) is 0 Å². The maximum absolute atomic E-state index is 13.9. The van der Waals surface area contributed by atoms with E-state index in [1.54, 1.807) is 19.1 Å². The van der Waals surface area contributed by atoms with Crippen LogP contribution in [-0.2, 0) is 4.74 Å². The monoisotopic (exact) mass is 239 g/mol. The molecule has 0 aliphatic carbocycles. The SMILES string of the molecule is CC1(F)CCOC(c2cccc([N+](=O)[O-])c2)C1. The zero-order valence-corrected chi connectivity index (χ0v) is 9.56. The summed E-state index contributed by atoms with van der Waals surface area (Å²) < 4.78 is 19.3. The summed E-state index contributed by atoms with van der Waals surface area (Å²) in [6, 6.07) is 6.20. The van der Waals surface area contributed by atoms with Gasteiger partial charge in [-0.3, -0.25) is 10.1 Å². The molecule has 1 aromatic carbocycles. The van der Waals surface area contributed by atoms with E-state index in [-0.39, 0.29) is 12.1 Å². The molecule has 0 saturated carbocycles. The number of non-ortho nitro benzene ring substituents is 1. The largest absolute Gasteiger partial charge is 0.373 e. The second-order valence-corrected chi connectivity index (χ2v) is 4.58.